The van der Waals surface area contributed by atoms with Crippen LogP contribution in [0, 0.1) is 13.8 Å². The number of nitrogens with zero attached hydrogens (tertiary/aromatic N) is 2. The molecule has 0 amide bonds. The number of hydrogen-bond acceptors (Lipinski definition) is 2. The molecule has 4 aliphatic rings. The molecule has 0 spiro atoms. The van der Waals surface area contributed by atoms with E-state index in [1.165, 1.54) is 211 Å². The molecule has 93 heavy (non-hydrogen) atoms. The summed E-state index contributed by atoms with van der Waals surface area (Å²) in [7, 11) is 0. The van der Waals surface area contributed by atoms with Crippen LogP contribution < -0.4 is 9.80 Å². The maximum atomic E-state index is 3.76. The zero-order chi connectivity index (χ0) is 63.0. The number of rotatable bonds is 24. The van der Waals surface area contributed by atoms with E-state index in [1.54, 1.807) is 0 Å². The number of hydrogen-bond donors (Lipinski definition) is 0. The highest BCUT2D eigenvalue weighted by atomic mass is 79.9. The Morgan fingerprint density at radius 1 is 0.312 bits per heavy atom. The van der Waals surface area contributed by atoms with Crippen LogP contribution >= 0.6 is 15.9 Å². The Labute approximate surface area is 562 Å². The van der Waals surface area contributed by atoms with Gasteiger partial charge in [-0.15, -0.1) is 0 Å². The molecule has 0 unspecified atom stereocenters. The molecule has 0 N–H and O–H groups in total. The van der Waals surface area contributed by atoms with E-state index < -0.39 is 5.41 Å². The van der Waals surface area contributed by atoms with Crippen LogP contribution in [0.5, 0.6) is 0 Å². The highest BCUT2D eigenvalue weighted by Gasteiger charge is 2.48. The van der Waals surface area contributed by atoms with Crippen molar-refractivity contribution < 1.29 is 0 Å². The van der Waals surface area contributed by atoms with Gasteiger partial charge < -0.3 is 9.80 Å². The van der Waals surface area contributed by atoms with E-state index in [4.69, 9.17) is 0 Å². The van der Waals surface area contributed by atoms with Crippen LogP contribution in [0.25, 0.3) is 44.5 Å². The molecule has 0 fully saturated rings. The van der Waals surface area contributed by atoms with Crippen molar-refractivity contribution in [2.75, 3.05) is 9.80 Å². The molecule has 4 aliphatic carbocycles. The first kappa shape index (κ1) is 60.7. The van der Waals surface area contributed by atoms with Gasteiger partial charge in [0.2, 0.25) is 0 Å². The Kier molecular flexibility index (Phi) is 17.1. The van der Waals surface area contributed by atoms with E-state index in [2.05, 4.69) is 290 Å². The molecule has 464 valence electrons. The Morgan fingerprint density at radius 3 is 1.11 bits per heavy atom. The Bertz CT molecular complexity index is 4380. The van der Waals surface area contributed by atoms with Crippen molar-refractivity contribution in [3.63, 3.8) is 0 Å². The highest BCUT2D eigenvalue weighted by molar-refractivity contribution is 9.10. The summed E-state index contributed by atoms with van der Waals surface area (Å²) in [4.78, 5) is 5.01. The van der Waals surface area contributed by atoms with Crippen LogP contribution in [0.2, 0.25) is 0 Å². The van der Waals surface area contributed by atoms with Gasteiger partial charge in [0, 0.05) is 44.0 Å². The minimum absolute atomic E-state index is 0.166. The van der Waals surface area contributed by atoms with Gasteiger partial charge in [0.05, 0.1) is 5.41 Å². The van der Waals surface area contributed by atoms with Crippen LogP contribution in [-0.2, 0) is 36.5 Å². The highest BCUT2D eigenvalue weighted by Crippen LogP contribution is 2.60. The molecule has 0 aromatic heterocycles. The minimum Gasteiger partial charge on any atom is -0.310 e. The number of halogens is 1. The fourth-order valence-corrected chi connectivity index (χ4v) is 16.7. The lowest BCUT2D eigenvalue weighted by Crippen LogP contribution is -2.30. The fraction of sp³-hybridized carbons (Fsp3) is 0.267. The van der Waals surface area contributed by atoms with Crippen LogP contribution in [0.3, 0.4) is 0 Å². The van der Waals surface area contributed by atoms with Gasteiger partial charge in [-0.3, -0.25) is 0 Å². The Balaban J connectivity index is 0.851. The summed E-state index contributed by atoms with van der Waals surface area (Å²) in [5, 5.41) is 0. The average Bonchev–Trinajstić information content (AvgIpc) is 1.58. The summed E-state index contributed by atoms with van der Waals surface area (Å²) < 4.78 is 1.08. The van der Waals surface area contributed by atoms with Crippen LogP contribution in [-0.4, -0.2) is 0 Å². The van der Waals surface area contributed by atoms with Crippen LogP contribution in [0.1, 0.15) is 171 Å². The fourth-order valence-electron chi connectivity index (χ4n) is 16.5. The second kappa shape index (κ2) is 26.1. The largest absolute Gasteiger partial charge is 0.310 e. The molecule has 11 aromatic rings. The van der Waals surface area contributed by atoms with Gasteiger partial charge >= 0.3 is 0 Å². The predicted molar refractivity (Wildman–Crippen MR) is 398 cm³/mol. The van der Waals surface area contributed by atoms with E-state index >= 15 is 0 Å². The number of anilines is 6. The second-order valence-electron chi connectivity index (χ2n) is 27.5. The van der Waals surface area contributed by atoms with Gasteiger partial charge in [-0.1, -0.05) is 257 Å². The van der Waals surface area contributed by atoms with Gasteiger partial charge in [0.25, 0.3) is 0 Å². The molecule has 11 aromatic carbocycles. The van der Waals surface area contributed by atoms with Crippen molar-refractivity contribution in [3.05, 3.63) is 308 Å². The maximum Gasteiger partial charge on any atom is 0.0714 e. The number of unbranched alkanes of at least 4 members (excludes halogenated alkanes) is 10. The molecular weight excluding hydrogens is 1190 g/mol. The molecule has 0 saturated heterocycles. The number of fused-ring (bicyclic) bond motifs is 8. The van der Waals surface area contributed by atoms with Gasteiger partial charge in [-0.25, -0.2) is 0 Å². The molecule has 15 rings (SSSR count). The van der Waals surface area contributed by atoms with E-state index in [-0.39, 0.29) is 5.41 Å². The quantitative estimate of drug-likeness (QED) is 0.0557. The van der Waals surface area contributed by atoms with Crippen molar-refractivity contribution in [2.45, 2.75) is 154 Å². The molecule has 0 atom stereocenters. The van der Waals surface area contributed by atoms with E-state index in [0.29, 0.717) is 0 Å². The summed E-state index contributed by atoms with van der Waals surface area (Å²) in [6.45, 7) is 9.06. The second-order valence-corrected chi connectivity index (χ2v) is 28.5. The van der Waals surface area contributed by atoms with Crippen molar-refractivity contribution in [1.29, 1.82) is 0 Å². The molecule has 3 heteroatoms. The lowest BCUT2D eigenvalue weighted by molar-refractivity contribution is 0.398. The third kappa shape index (κ3) is 11.3. The standard InChI is InChI=1S/C90H87BrN2/c1-5-7-9-11-13-18-54-89(55-19-14-12-10-8-6-2)85-60-79(48-52-81(85)82-53-49-80(61-86(82)89)93(76-42-24-63(4)25-43-76)78-46-38-74(91)39-47-78)92(75-40-22-62(3)23-41-75)77-44-32-67(33-45-77)71-35-51-84-83-50-34-70(64-20-16-15-17-21-64)58-87(83)90(88(84)59-71,72-36-30-65-26-28-68(65)56-72)73-37-31-66-27-29-69(66)57-73/h15-17,20-25,30-53,56-61H,5-14,18-19,26-29,54-55H2,1-4H3. The van der Waals surface area contributed by atoms with Crippen LogP contribution in [0.15, 0.2) is 241 Å². The lowest BCUT2D eigenvalue weighted by Gasteiger charge is -2.37. The molecule has 0 heterocycles. The summed E-state index contributed by atoms with van der Waals surface area (Å²) in [6, 6.07) is 92.4. The van der Waals surface area contributed by atoms with Gasteiger partial charge in [-0.2, -0.15) is 0 Å². The molecule has 0 aliphatic heterocycles. The van der Waals surface area contributed by atoms with Crippen molar-refractivity contribution in [1.82, 2.24) is 0 Å². The third-order valence-electron chi connectivity index (χ3n) is 21.7. The number of benzene rings is 11. The first-order chi connectivity index (χ1) is 45.7. The third-order valence-corrected chi connectivity index (χ3v) is 22.3. The van der Waals surface area contributed by atoms with Crippen molar-refractivity contribution in [3.8, 4) is 44.5 Å². The Morgan fingerprint density at radius 2 is 0.677 bits per heavy atom. The van der Waals surface area contributed by atoms with Crippen molar-refractivity contribution >= 4 is 50.1 Å². The monoisotopic (exact) mass is 1270 g/mol. The lowest BCUT2D eigenvalue weighted by atomic mass is 9.65. The zero-order valence-electron chi connectivity index (χ0n) is 55.0. The summed E-state index contributed by atoms with van der Waals surface area (Å²) in [5.41, 5.74) is 33.8. The smallest absolute Gasteiger partial charge is 0.0714 e. The molecule has 0 saturated carbocycles. The zero-order valence-corrected chi connectivity index (χ0v) is 56.6. The van der Waals surface area contributed by atoms with E-state index in [0.717, 1.165) is 54.4 Å². The predicted octanol–water partition coefficient (Wildman–Crippen LogP) is 25.7. The van der Waals surface area contributed by atoms with Crippen molar-refractivity contribution in [2.24, 2.45) is 0 Å². The Hall–Kier alpha value is -8.50. The molecular formula is C90H87BrN2. The van der Waals surface area contributed by atoms with Gasteiger partial charge in [-0.05, 0) is 250 Å². The topological polar surface area (TPSA) is 6.48 Å². The van der Waals surface area contributed by atoms with Gasteiger partial charge in [0.1, 0.15) is 0 Å². The summed E-state index contributed by atoms with van der Waals surface area (Å²) in [6.07, 6.45) is 22.1. The SMILES string of the molecule is CCCCCCCCC1(CCCCCCCC)c2cc(N(c3ccc(C)cc3)c3ccc(Br)cc3)ccc2-c2ccc(N(c3ccc(C)cc3)c3ccc(-c4ccc5c(c4)C(c4ccc6c(c4)CC6)(c4ccc6c(c4)CC6)c4cc(-c6ccccc6)ccc4-5)cc3)cc21. The first-order valence-corrected chi connectivity index (χ1v) is 36.0. The first-order valence-electron chi connectivity index (χ1n) is 35.2. The van der Waals surface area contributed by atoms with E-state index in [1.807, 2.05) is 0 Å². The van der Waals surface area contributed by atoms with Crippen LogP contribution in [0.4, 0.5) is 34.1 Å². The average molecular weight is 1280 g/mol. The van der Waals surface area contributed by atoms with Gasteiger partial charge in [0.15, 0.2) is 0 Å². The number of aryl methyl sites for hydroxylation is 6. The molecule has 0 bridgehead atoms. The van der Waals surface area contributed by atoms with E-state index in [9.17, 15) is 0 Å². The summed E-state index contributed by atoms with van der Waals surface area (Å²) in [5.74, 6) is 0. The molecule has 2 nitrogen and oxygen atoms in total. The maximum absolute atomic E-state index is 3.76. The summed E-state index contributed by atoms with van der Waals surface area (Å²) >= 11 is 3.76. The normalized spacial score (nSPS) is 14.0. The minimum atomic E-state index is -0.503. The molecule has 0 radical (unpaired) electrons.